The summed E-state index contributed by atoms with van der Waals surface area (Å²) in [6.07, 6.45) is 0. The van der Waals surface area contributed by atoms with E-state index in [0.717, 1.165) is 22.4 Å². The molecule has 1 aliphatic rings. The molecule has 4 rings (SSSR count). The van der Waals surface area contributed by atoms with E-state index in [1.54, 1.807) is 14.2 Å². The number of methoxy groups -OCH3 is 2. The molecule has 0 spiro atoms. The van der Waals surface area contributed by atoms with Crippen LogP contribution < -0.4 is 9.47 Å². The monoisotopic (exact) mass is 391 g/mol. The first-order valence-electron chi connectivity index (χ1n) is 9.66. The SMILES string of the molecule is COc1ccc(C2c3c(-c4ccc(C)cc4)n[nH]c3C(=O)N2C(C)C)c(OC)c1. The van der Waals surface area contributed by atoms with Gasteiger partial charge in [0.25, 0.3) is 5.91 Å². The maximum atomic E-state index is 13.2. The number of nitrogens with zero attached hydrogens (tertiary/aromatic N) is 2. The minimum absolute atomic E-state index is 0.00553. The van der Waals surface area contributed by atoms with Crippen LogP contribution in [0.2, 0.25) is 0 Å². The third-order valence-electron chi connectivity index (χ3n) is 5.42. The number of aromatic nitrogens is 2. The van der Waals surface area contributed by atoms with Crippen LogP contribution in [0.15, 0.2) is 42.5 Å². The number of benzene rings is 2. The van der Waals surface area contributed by atoms with E-state index in [1.165, 1.54) is 5.56 Å². The van der Waals surface area contributed by atoms with E-state index in [-0.39, 0.29) is 18.0 Å². The van der Waals surface area contributed by atoms with Crippen molar-refractivity contribution in [1.82, 2.24) is 15.1 Å². The topological polar surface area (TPSA) is 67.5 Å². The summed E-state index contributed by atoms with van der Waals surface area (Å²) in [5.74, 6) is 1.33. The summed E-state index contributed by atoms with van der Waals surface area (Å²) in [5.41, 5.74) is 5.27. The Morgan fingerprint density at radius 3 is 2.41 bits per heavy atom. The molecule has 2 aromatic carbocycles. The summed E-state index contributed by atoms with van der Waals surface area (Å²) in [6, 6.07) is 13.6. The van der Waals surface area contributed by atoms with Gasteiger partial charge in [0, 0.05) is 28.8 Å². The molecule has 1 atom stereocenters. The average Bonchev–Trinajstić information content (AvgIpc) is 3.27. The molecule has 1 unspecified atom stereocenters. The summed E-state index contributed by atoms with van der Waals surface area (Å²) in [7, 11) is 3.25. The summed E-state index contributed by atoms with van der Waals surface area (Å²) < 4.78 is 11.0. The zero-order valence-electron chi connectivity index (χ0n) is 17.3. The number of fused-ring (bicyclic) bond motifs is 1. The molecule has 29 heavy (non-hydrogen) atoms. The minimum atomic E-state index is -0.298. The number of aryl methyl sites for hydroxylation is 1. The summed E-state index contributed by atoms with van der Waals surface area (Å²) >= 11 is 0. The van der Waals surface area contributed by atoms with E-state index in [4.69, 9.17) is 9.47 Å². The Morgan fingerprint density at radius 2 is 1.79 bits per heavy atom. The van der Waals surface area contributed by atoms with Gasteiger partial charge in [-0.1, -0.05) is 29.8 Å². The predicted octanol–water partition coefficient (Wildman–Crippen LogP) is 4.36. The fourth-order valence-corrected chi connectivity index (χ4v) is 3.98. The number of carbonyl (C=O) groups is 1. The number of ether oxygens (including phenoxy) is 2. The number of rotatable bonds is 5. The van der Waals surface area contributed by atoms with Gasteiger partial charge in [0.2, 0.25) is 0 Å². The van der Waals surface area contributed by atoms with E-state index in [9.17, 15) is 4.79 Å². The van der Waals surface area contributed by atoms with Crippen molar-refractivity contribution in [2.24, 2.45) is 0 Å². The first-order chi connectivity index (χ1) is 14.0. The van der Waals surface area contributed by atoms with Crippen molar-refractivity contribution in [3.63, 3.8) is 0 Å². The van der Waals surface area contributed by atoms with Gasteiger partial charge in [-0.3, -0.25) is 9.89 Å². The van der Waals surface area contributed by atoms with Gasteiger partial charge in [0.1, 0.15) is 17.2 Å². The summed E-state index contributed by atoms with van der Waals surface area (Å²) in [6.45, 7) is 6.09. The molecule has 1 amide bonds. The van der Waals surface area contributed by atoms with Crippen molar-refractivity contribution >= 4 is 5.91 Å². The van der Waals surface area contributed by atoms with Gasteiger partial charge < -0.3 is 14.4 Å². The number of H-pyrrole nitrogens is 1. The summed E-state index contributed by atoms with van der Waals surface area (Å²) in [5, 5.41) is 7.50. The Balaban J connectivity index is 1.93. The van der Waals surface area contributed by atoms with Gasteiger partial charge in [-0.15, -0.1) is 0 Å². The number of hydrogen-bond donors (Lipinski definition) is 1. The van der Waals surface area contributed by atoms with Crippen LogP contribution in [-0.4, -0.2) is 41.3 Å². The van der Waals surface area contributed by atoms with Crippen molar-refractivity contribution in [3.05, 3.63) is 64.8 Å². The smallest absolute Gasteiger partial charge is 0.273 e. The molecule has 2 heterocycles. The molecule has 6 heteroatoms. The van der Waals surface area contributed by atoms with Gasteiger partial charge in [0.05, 0.1) is 26.0 Å². The largest absolute Gasteiger partial charge is 0.497 e. The number of amides is 1. The van der Waals surface area contributed by atoms with Crippen molar-refractivity contribution < 1.29 is 14.3 Å². The Kier molecular flexibility index (Phi) is 4.78. The van der Waals surface area contributed by atoms with Crippen LogP contribution >= 0.6 is 0 Å². The van der Waals surface area contributed by atoms with Crippen LogP contribution in [0.5, 0.6) is 11.5 Å². The number of nitrogens with one attached hydrogen (secondary N) is 1. The van der Waals surface area contributed by atoms with Crippen LogP contribution in [0.3, 0.4) is 0 Å². The highest BCUT2D eigenvalue weighted by Gasteiger charge is 2.44. The van der Waals surface area contributed by atoms with Crippen LogP contribution in [0, 0.1) is 6.92 Å². The first kappa shape index (κ1) is 19.1. The zero-order chi connectivity index (χ0) is 20.7. The number of aromatic amines is 1. The molecule has 0 bridgehead atoms. The Morgan fingerprint density at radius 1 is 1.07 bits per heavy atom. The van der Waals surface area contributed by atoms with Crippen molar-refractivity contribution in [2.45, 2.75) is 32.9 Å². The molecule has 150 valence electrons. The van der Waals surface area contributed by atoms with E-state index in [2.05, 4.69) is 22.3 Å². The Bertz CT molecular complexity index is 1050. The lowest BCUT2D eigenvalue weighted by Crippen LogP contribution is -2.35. The van der Waals surface area contributed by atoms with Gasteiger partial charge in [-0.05, 0) is 32.9 Å². The molecule has 1 aromatic heterocycles. The normalized spacial score (nSPS) is 15.7. The van der Waals surface area contributed by atoms with Gasteiger partial charge >= 0.3 is 0 Å². The highest BCUT2D eigenvalue weighted by molar-refractivity contribution is 6.00. The first-order valence-corrected chi connectivity index (χ1v) is 9.66. The average molecular weight is 391 g/mol. The second-order valence-electron chi connectivity index (χ2n) is 7.54. The fourth-order valence-electron chi connectivity index (χ4n) is 3.98. The predicted molar refractivity (Wildman–Crippen MR) is 111 cm³/mol. The van der Waals surface area contributed by atoms with Crippen LogP contribution in [0.1, 0.15) is 47.1 Å². The molecular weight excluding hydrogens is 366 g/mol. The molecule has 1 N–H and O–H groups in total. The second kappa shape index (κ2) is 7.28. The molecule has 0 saturated carbocycles. The molecule has 0 fully saturated rings. The quantitative estimate of drug-likeness (QED) is 0.702. The fraction of sp³-hybridized carbons (Fsp3) is 0.304. The van der Waals surface area contributed by atoms with Crippen molar-refractivity contribution in [1.29, 1.82) is 0 Å². The standard InChI is InChI=1S/C23H25N3O3/c1-13(2)26-22(17-11-10-16(28-4)12-18(17)29-5)19-20(24-25-21(19)23(26)27)15-8-6-14(3)7-9-15/h6-13,22H,1-5H3,(H,24,25). The zero-order valence-corrected chi connectivity index (χ0v) is 17.3. The maximum Gasteiger partial charge on any atom is 0.273 e. The highest BCUT2D eigenvalue weighted by atomic mass is 16.5. The van der Waals surface area contributed by atoms with Crippen molar-refractivity contribution in [3.8, 4) is 22.8 Å². The lowest BCUT2D eigenvalue weighted by Gasteiger charge is -2.30. The number of carbonyl (C=O) groups excluding carboxylic acids is 1. The Hall–Kier alpha value is -3.28. The second-order valence-corrected chi connectivity index (χ2v) is 7.54. The summed E-state index contributed by atoms with van der Waals surface area (Å²) in [4.78, 5) is 15.1. The van der Waals surface area contributed by atoms with Crippen molar-refractivity contribution in [2.75, 3.05) is 14.2 Å². The molecule has 1 aliphatic heterocycles. The van der Waals surface area contributed by atoms with E-state index >= 15 is 0 Å². The van der Waals surface area contributed by atoms with E-state index in [1.807, 2.05) is 56.0 Å². The highest BCUT2D eigenvalue weighted by Crippen LogP contribution is 2.46. The molecule has 0 aliphatic carbocycles. The molecule has 0 radical (unpaired) electrons. The minimum Gasteiger partial charge on any atom is -0.497 e. The van der Waals surface area contributed by atoms with Gasteiger partial charge in [0.15, 0.2) is 0 Å². The lowest BCUT2D eigenvalue weighted by atomic mass is 9.94. The third-order valence-corrected chi connectivity index (χ3v) is 5.42. The van der Waals surface area contributed by atoms with Crippen LogP contribution in [0.4, 0.5) is 0 Å². The van der Waals surface area contributed by atoms with Gasteiger partial charge in [-0.25, -0.2) is 0 Å². The molecule has 0 saturated heterocycles. The van der Waals surface area contributed by atoms with Gasteiger partial charge in [-0.2, -0.15) is 5.10 Å². The molecule has 6 nitrogen and oxygen atoms in total. The number of hydrogen-bond acceptors (Lipinski definition) is 4. The van der Waals surface area contributed by atoms with E-state index in [0.29, 0.717) is 17.2 Å². The third kappa shape index (κ3) is 3.05. The lowest BCUT2D eigenvalue weighted by molar-refractivity contribution is 0.0686. The Labute approximate surface area is 170 Å². The van der Waals surface area contributed by atoms with Crippen LogP contribution in [-0.2, 0) is 0 Å². The molecule has 3 aromatic rings. The van der Waals surface area contributed by atoms with E-state index < -0.39 is 0 Å². The molecular formula is C23H25N3O3. The maximum absolute atomic E-state index is 13.2. The van der Waals surface area contributed by atoms with Crippen LogP contribution in [0.25, 0.3) is 11.3 Å².